The maximum atomic E-state index is 13.8. The smallest absolute Gasteiger partial charge is 0.216 e. The Morgan fingerprint density at radius 1 is 1.18 bits per heavy atom. The van der Waals surface area contributed by atoms with Gasteiger partial charge in [-0.05, 0) is 76.0 Å². The highest BCUT2D eigenvalue weighted by Gasteiger charge is 2.59. The minimum atomic E-state index is -3.70. The molecular formula is C26H30N6O3S3. The van der Waals surface area contributed by atoms with Gasteiger partial charge in [0.25, 0.3) is 0 Å². The fraction of sp³-hybridized carbons (Fsp3) is 0.462. The average molecular weight is 571 g/mol. The van der Waals surface area contributed by atoms with Crippen molar-refractivity contribution in [2.24, 2.45) is 0 Å². The third kappa shape index (κ3) is 4.90. The van der Waals surface area contributed by atoms with Crippen molar-refractivity contribution in [1.29, 1.82) is 0 Å². The summed E-state index contributed by atoms with van der Waals surface area (Å²) < 4.78 is 32.3. The van der Waals surface area contributed by atoms with Crippen LogP contribution in [0.5, 0.6) is 0 Å². The van der Waals surface area contributed by atoms with E-state index in [2.05, 4.69) is 27.4 Å². The Labute approximate surface area is 232 Å². The highest BCUT2D eigenvalue weighted by molar-refractivity contribution is 7.94. The topological polar surface area (TPSA) is 109 Å². The lowest BCUT2D eigenvalue weighted by Crippen LogP contribution is -2.44. The van der Waals surface area contributed by atoms with Crippen LogP contribution in [0.1, 0.15) is 44.0 Å². The molecular weight excluding hydrogens is 541 g/mol. The second kappa shape index (κ2) is 9.82. The number of aromatic nitrogens is 3. The number of nitrogens with one attached hydrogen (secondary N) is 2. The first-order chi connectivity index (χ1) is 18.2. The molecule has 3 aromatic rings. The van der Waals surface area contributed by atoms with E-state index < -0.39 is 14.6 Å². The number of thiazole rings is 1. The number of rotatable bonds is 7. The lowest BCUT2D eigenvalue weighted by molar-refractivity contribution is 0.0985. The molecule has 3 heterocycles. The van der Waals surface area contributed by atoms with Gasteiger partial charge in [0.15, 0.2) is 10.9 Å². The molecule has 2 saturated carbocycles. The van der Waals surface area contributed by atoms with E-state index in [0.717, 1.165) is 29.9 Å². The first kappa shape index (κ1) is 25.6. The Balaban J connectivity index is 1.37. The molecule has 1 atom stereocenters. The maximum absolute atomic E-state index is 13.8. The summed E-state index contributed by atoms with van der Waals surface area (Å²) in [6.07, 6.45) is 3.32. The number of sulfone groups is 1. The number of nitrogens with zero attached hydrogens (tertiary/aromatic N) is 4. The Hall–Kier alpha value is -2.67. The second-order valence-electron chi connectivity index (χ2n) is 10.3. The summed E-state index contributed by atoms with van der Waals surface area (Å²) in [5.41, 5.74) is 2.90. The zero-order chi connectivity index (χ0) is 26.5. The van der Waals surface area contributed by atoms with E-state index in [-0.39, 0.29) is 10.4 Å². The molecule has 6 rings (SSSR count). The fourth-order valence-corrected chi connectivity index (χ4v) is 8.25. The molecule has 2 aromatic heterocycles. The van der Waals surface area contributed by atoms with E-state index in [4.69, 9.17) is 26.9 Å². The number of benzene rings is 1. The molecule has 38 heavy (non-hydrogen) atoms. The molecule has 9 nitrogen and oxygen atoms in total. The van der Waals surface area contributed by atoms with Crippen molar-refractivity contribution in [1.82, 2.24) is 20.3 Å². The zero-order valence-electron chi connectivity index (χ0n) is 21.3. The van der Waals surface area contributed by atoms with Crippen LogP contribution in [0.25, 0.3) is 11.4 Å². The molecule has 0 unspecified atom stereocenters. The van der Waals surface area contributed by atoms with Gasteiger partial charge in [-0.25, -0.2) is 23.4 Å². The Morgan fingerprint density at radius 2 is 1.95 bits per heavy atom. The van der Waals surface area contributed by atoms with Crippen LogP contribution in [0, 0.1) is 6.92 Å². The molecule has 0 amide bonds. The van der Waals surface area contributed by atoms with E-state index in [9.17, 15) is 8.42 Å². The Morgan fingerprint density at radius 3 is 2.58 bits per heavy atom. The van der Waals surface area contributed by atoms with Gasteiger partial charge in [-0.1, -0.05) is 0 Å². The highest BCUT2D eigenvalue weighted by atomic mass is 32.2. The molecule has 1 aliphatic heterocycles. The van der Waals surface area contributed by atoms with Crippen LogP contribution in [0.4, 0.5) is 11.5 Å². The van der Waals surface area contributed by atoms with Crippen molar-refractivity contribution < 1.29 is 13.2 Å². The number of anilines is 2. The molecule has 3 fully saturated rings. The molecule has 12 heteroatoms. The third-order valence-electron chi connectivity index (χ3n) is 7.20. The van der Waals surface area contributed by atoms with Gasteiger partial charge in [0.2, 0.25) is 14.2 Å². The molecule has 3 aliphatic rings. The Bertz CT molecular complexity index is 1470. The first-order valence-electron chi connectivity index (χ1n) is 12.8. The standard InChI is InChI=1S/C26H30N6O3S3/c1-16-15-37-25(27-16)38(33,34)26(9-10-26)21-13-22(32-11-12-35-14-17(32)2)31-23(30-21)18-3-5-19(6-4-18)28-24(36)29-20-7-8-20/h3-6,13,15,17,20H,7-12,14H2,1-2H3,(H2,28,29,36)/t17-/m0/s1. The lowest BCUT2D eigenvalue weighted by Gasteiger charge is -2.34. The van der Waals surface area contributed by atoms with Gasteiger partial charge in [0, 0.05) is 41.0 Å². The van der Waals surface area contributed by atoms with Gasteiger partial charge in [0.1, 0.15) is 10.6 Å². The minimum absolute atomic E-state index is 0.110. The van der Waals surface area contributed by atoms with E-state index in [1.807, 2.05) is 37.3 Å². The van der Waals surface area contributed by atoms with Crippen LogP contribution in [0.3, 0.4) is 0 Å². The predicted octanol–water partition coefficient (Wildman–Crippen LogP) is 4.05. The molecule has 1 saturated heterocycles. The number of aryl methyl sites for hydroxylation is 1. The first-order valence-corrected chi connectivity index (χ1v) is 15.6. The number of hydrogen-bond donors (Lipinski definition) is 2. The second-order valence-corrected chi connectivity index (χ2v) is 14.0. The molecule has 2 aliphatic carbocycles. The molecule has 0 spiro atoms. The molecule has 1 aromatic carbocycles. The summed E-state index contributed by atoms with van der Waals surface area (Å²) in [7, 11) is -3.70. The van der Waals surface area contributed by atoms with Crippen LogP contribution >= 0.6 is 23.6 Å². The van der Waals surface area contributed by atoms with Gasteiger partial charge in [0.05, 0.1) is 24.9 Å². The van der Waals surface area contributed by atoms with Gasteiger partial charge >= 0.3 is 0 Å². The minimum Gasteiger partial charge on any atom is -0.377 e. The SMILES string of the molecule is Cc1csc(S(=O)(=O)C2(c3cc(N4CCOC[C@@H]4C)nc(-c4ccc(NC(=S)NC5CC5)cc4)n3)CC2)n1. The monoisotopic (exact) mass is 570 g/mol. The summed E-state index contributed by atoms with van der Waals surface area (Å²) in [6.45, 7) is 5.75. The molecule has 2 N–H and O–H groups in total. The average Bonchev–Trinajstić information content (AvgIpc) is 3.83. The zero-order valence-corrected chi connectivity index (χ0v) is 23.8. The number of ether oxygens (including phenoxy) is 1. The van der Waals surface area contributed by atoms with E-state index in [1.165, 1.54) is 11.3 Å². The number of thiocarbonyl (C=S) groups is 1. The number of hydrogen-bond acceptors (Lipinski definition) is 9. The summed E-state index contributed by atoms with van der Waals surface area (Å²) in [6, 6.07) is 10.2. The van der Waals surface area contributed by atoms with Crippen molar-refractivity contribution in [3.05, 3.63) is 47.1 Å². The van der Waals surface area contributed by atoms with Crippen molar-refractivity contribution >= 4 is 50.0 Å². The van der Waals surface area contributed by atoms with Crippen LogP contribution in [-0.4, -0.2) is 60.3 Å². The van der Waals surface area contributed by atoms with E-state index in [1.54, 1.807) is 5.38 Å². The molecule has 0 bridgehead atoms. The van der Waals surface area contributed by atoms with Crippen molar-refractivity contribution in [3.63, 3.8) is 0 Å². The number of morpholine rings is 1. The van der Waals surface area contributed by atoms with Crippen molar-refractivity contribution in [3.8, 4) is 11.4 Å². The van der Waals surface area contributed by atoms with E-state index in [0.29, 0.717) is 61.0 Å². The quantitative estimate of drug-likeness (QED) is 0.404. The van der Waals surface area contributed by atoms with Crippen LogP contribution in [0.15, 0.2) is 40.1 Å². The predicted molar refractivity (Wildman–Crippen MR) is 152 cm³/mol. The molecule has 200 valence electrons. The normalized spacial score (nSPS) is 20.7. The van der Waals surface area contributed by atoms with E-state index >= 15 is 0 Å². The highest BCUT2D eigenvalue weighted by Crippen LogP contribution is 2.55. The van der Waals surface area contributed by atoms with Gasteiger partial charge < -0.3 is 20.3 Å². The van der Waals surface area contributed by atoms with Crippen LogP contribution < -0.4 is 15.5 Å². The summed E-state index contributed by atoms with van der Waals surface area (Å²) >= 11 is 6.57. The molecule has 0 radical (unpaired) electrons. The summed E-state index contributed by atoms with van der Waals surface area (Å²) in [5, 5.41) is 8.88. The summed E-state index contributed by atoms with van der Waals surface area (Å²) in [4.78, 5) is 16.3. The van der Waals surface area contributed by atoms with Crippen LogP contribution in [-0.2, 0) is 19.3 Å². The lowest BCUT2D eigenvalue weighted by atomic mass is 10.1. The van der Waals surface area contributed by atoms with Gasteiger partial charge in [-0.3, -0.25) is 0 Å². The maximum Gasteiger partial charge on any atom is 0.216 e. The van der Waals surface area contributed by atoms with Gasteiger partial charge in [-0.2, -0.15) is 0 Å². The van der Waals surface area contributed by atoms with Gasteiger partial charge in [-0.15, -0.1) is 11.3 Å². The Kier molecular flexibility index (Phi) is 6.61. The third-order valence-corrected chi connectivity index (χ3v) is 11.3. The largest absolute Gasteiger partial charge is 0.377 e. The van der Waals surface area contributed by atoms with Crippen LogP contribution in [0.2, 0.25) is 0 Å². The summed E-state index contributed by atoms with van der Waals surface area (Å²) in [5.74, 6) is 1.22. The van der Waals surface area contributed by atoms with Crippen molar-refractivity contribution in [2.75, 3.05) is 30.0 Å². The fourth-order valence-electron chi connectivity index (χ4n) is 4.69. The van der Waals surface area contributed by atoms with Crippen molar-refractivity contribution in [2.45, 2.75) is 60.7 Å².